The number of rotatable bonds is 7. The molecule has 6 nitrogen and oxygen atoms in total. The van der Waals surface area contributed by atoms with E-state index in [4.69, 9.17) is 4.52 Å². The van der Waals surface area contributed by atoms with Crippen LogP contribution in [-0.4, -0.2) is 71.1 Å². The number of hydrogen-bond donors (Lipinski definition) is 0. The van der Waals surface area contributed by atoms with Crippen molar-refractivity contribution < 1.29 is 9.32 Å². The normalized spacial score (nSPS) is 22.0. The van der Waals surface area contributed by atoms with Gasteiger partial charge in [-0.15, -0.1) is 0 Å². The summed E-state index contributed by atoms with van der Waals surface area (Å²) in [5, 5.41) is 4.04. The Morgan fingerprint density at radius 2 is 2.00 bits per heavy atom. The quantitative estimate of drug-likeness (QED) is 0.710. The van der Waals surface area contributed by atoms with E-state index in [1.54, 1.807) is 0 Å². The molecule has 1 saturated heterocycles. The molecule has 2 aliphatic rings. The Balaban J connectivity index is 1.55. The molecule has 0 radical (unpaired) electrons. The molecule has 0 unspecified atom stereocenters. The van der Waals surface area contributed by atoms with Crippen LogP contribution in [0.15, 0.2) is 22.7 Å². The summed E-state index contributed by atoms with van der Waals surface area (Å²) in [5.41, 5.74) is 0.437. The van der Waals surface area contributed by atoms with Gasteiger partial charge in [0.05, 0.1) is 12.6 Å². The molecule has 0 aliphatic carbocycles. The van der Waals surface area contributed by atoms with Crippen LogP contribution in [0, 0.1) is 0 Å². The topological polar surface area (TPSA) is 52.8 Å². The van der Waals surface area contributed by atoms with Crippen molar-refractivity contribution in [3.8, 4) is 0 Å². The molecule has 0 aromatic carbocycles. The maximum absolute atomic E-state index is 12.8. The zero-order valence-electron chi connectivity index (χ0n) is 15.5. The van der Waals surface area contributed by atoms with Crippen molar-refractivity contribution in [2.75, 3.05) is 39.3 Å². The number of hydrogen-bond acceptors (Lipinski definition) is 5. The Labute approximate surface area is 150 Å². The number of aromatic nitrogens is 1. The van der Waals surface area contributed by atoms with Gasteiger partial charge >= 0.3 is 0 Å². The lowest BCUT2D eigenvalue weighted by atomic mass is 10.1. The van der Waals surface area contributed by atoms with Crippen LogP contribution in [0.5, 0.6) is 0 Å². The fourth-order valence-electron chi connectivity index (χ4n) is 3.59. The average Bonchev–Trinajstić information content (AvgIpc) is 3.29. The lowest BCUT2D eigenvalue weighted by Gasteiger charge is -2.33. The standard InChI is InChI=1S/C19H30N4O2/c1-3-5-7-16-8-6-9-23(16)19(24)18-14-17(25-20-18)15-22-12-10-21(4-2)11-13-22/h6,8,14,16H,3-5,7,9-13,15H2,1-2H3/t16-/m1/s1. The number of nitrogens with zero attached hydrogens (tertiary/aromatic N) is 4. The second kappa shape index (κ2) is 8.63. The Hall–Kier alpha value is -1.66. The molecule has 0 N–H and O–H groups in total. The largest absolute Gasteiger partial charge is 0.359 e. The minimum atomic E-state index is -0.0168. The molecule has 1 atom stereocenters. The second-order valence-corrected chi connectivity index (χ2v) is 6.98. The van der Waals surface area contributed by atoms with Crippen molar-refractivity contribution in [2.24, 2.45) is 0 Å². The zero-order chi connectivity index (χ0) is 17.6. The molecule has 1 fully saturated rings. The van der Waals surface area contributed by atoms with Crippen LogP contribution < -0.4 is 0 Å². The molecule has 0 spiro atoms. The van der Waals surface area contributed by atoms with Gasteiger partial charge in [-0.1, -0.05) is 44.0 Å². The number of likely N-dealkylation sites (N-methyl/N-ethyl adjacent to an activating group) is 1. The second-order valence-electron chi connectivity index (χ2n) is 6.98. The van der Waals surface area contributed by atoms with Gasteiger partial charge in [-0.05, 0) is 13.0 Å². The summed E-state index contributed by atoms with van der Waals surface area (Å²) in [5.74, 6) is 0.766. The molecule has 1 amide bonds. The van der Waals surface area contributed by atoms with Gasteiger partial charge in [-0.2, -0.15) is 0 Å². The highest BCUT2D eigenvalue weighted by atomic mass is 16.5. The Morgan fingerprint density at radius 1 is 1.24 bits per heavy atom. The number of piperazine rings is 1. The highest BCUT2D eigenvalue weighted by Crippen LogP contribution is 2.19. The van der Waals surface area contributed by atoms with Gasteiger partial charge in [0.2, 0.25) is 0 Å². The van der Waals surface area contributed by atoms with E-state index < -0.39 is 0 Å². The highest BCUT2D eigenvalue weighted by Gasteiger charge is 2.27. The van der Waals surface area contributed by atoms with E-state index in [1.165, 1.54) is 0 Å². The van der Waals surface area contributed by atoms with Crippen molar-refractivity contribution in [1.29, 1.82) is 0 Å². The van der Waals surface area contributed by atoms with Crippen molar-refractivity contribution >= 4 is 5.91 Å². The third kappa shape index (κ3) is 4.50. The summed E-state index contributed by atoms with van der Waals surface area (Å²) in [6.45, 7) is 11.1. The molecule has 0 bridgehead atoms. The van der Waals surface area contributed by atoms with E-state index in [-0.39, 0.29) is 11.9 Å². The van der Waals surface area contributed by atoms with Crippen LogP contribution in [0.2, 0.25) is 0 Å². The third-order valence-electron chi connectivity index (χ3n) is 5.24. The molecule has 3 heterocycles. The first-order valence-electron chi connectivity index (χ1n) is 9.59. The predicted octanol–water partition coefficient (Wildman–Crippen LogP) is 2.38. The highest BCUT2D eigenvalue weighted by molar-refractivity contribution is 5.93. The first-order chi connectivity index (χ1) is 12.2. The van der Waals surface area contributed by atoms with Gasteiger partial charge in [0.25, 0.3) is 5.91 Å². The van der Waals surface area contributed by atoms with E-state index in [1.807, 2.05) is 11.0 Å². The molecular formula is C19H30N4O2. The summed E-state index contributed by atoms with van der Waals surface area (Å²) in [4.78, 5) is 19.5. The van der Waals surface area contributed by atoms with E-state index >= 15 is 0 Å². The van der Waals surface area contributed by atoms with E-state index in [0.29, 0.717) is 12.2 Å². The SMILES string of the molecule is CCCC[C@@H]1C=CCN1C(=O)c1cc(CN2CCN(CC)CC2)on1. The fourth-order valence-corrected chi connectivity index (χ4v) is 3.59. The van der Waals surface area contributed by atoms with Gasteiger partial charge < -0.3 is 14.3 Å². The third-order valence-corrected chi connectivity index (χ3v) is 5.24. The van der Waals surface area contributed by atoms with Crippen molar-refractivity contribution in [2.45, 2.75) is 45.7 Å². The number of carbonyl (C=O) groups is 1. The lowest BCUT2D eigenvalue weighted by molar-refractivity contribution is 0.0732. The van der Waals surface area contributed by atoms with Gasteiger partial charge in [-0.25, -0.2) is 0 Å². The van der Waals surface area contributed by atoms with E-state index in [2.05, 4.69) is 41.0 Å². The number of carbonyl (C=O) groups excluding carboxylic acids is 1. The van der Waals surface area contributed by atoms with Crippen LogP contribution in [0.1, 0.15) is 49.4 Å². The molecule has 0 saturated carbocycles. The van der Waals surface area contributed by atoms with Gasteiger partial charge in [0, 0.05) is 38.8 Å². The smallest absolute Gasteiger partial charge is 0.276 e. The molecule has 2 aliphatic heterocycles. The summed E-state index contributed by atoms with van der Waals surface area (Å²) in [6, 6.07) is 2.03. The minimum Gasteiger partial charge on any atom is -0.359 e. The summed E-state index contributed by atoms with van der Waals surface area (Å²) < 4.78 is 5.44. The first kappa shape index (κ1) is 18.1. The maximum Gasteiger partial charge on any atom is 0.276 e. The lowest BCUT2D eigenvalue weighted by Crippen LogP contribution is -2.45. The molecular weight excluding hydrogens is 316 g/mol. The summed E-state index contributed by atoms with van der Waals surface area (Å²) >= 11 is 0. The Bertz CT molecular complexity index is 590. The number of amides is 1. The average molecular weight is 346 g/mol. The van der Waals surface area contributed by atoms with Gasteiger partial charge in [-0.3, -0.25) is 9.69 Å². The predicted molar refractivity (Wildman–Crippen MR) is 97.4 cm³/mol. The summed E-state index contributed by atoms with van der Waals surface area (Å²) in [7, 11) is 0. The van der Waals surface area contributed by atoms with Gasteiger partial charge in [0.1, 0.15) is 0 Å². The van der Waals surface area contributed by atoms with Crippen molar-refractivity contribution in [3.63, 3.8) is 0 Å². The molecule has 25 heavy (non-hydrogen) atoms. The van der Waals surface area contributed by atoms with E-state index in [9.17, 15) is 4.79 Å². The van der Waals surface area contributed by atoms with Crippen LogP contribution in [0.3, 0.4) is 0 Å². The molecule has 138 valence electrons. The zero-order valence-corrected chi connectivity index (χ0v) is 15.5. The Morgan fingerprint density at radius 3 is 2.72 bits per heavy atom. The van der Waals surface area contributed by atoms with Crippen LogP contribution in [0.25, 0.3) is 0 Å². The fraction of sp³-hybridized carbons (Fsp3) is 0.684. The van der Waals surface area contributed by atoms with Crippen LogP contribution in [-0.2, 0) is 6.54 Å². The van der Waals surface area contributed by atoms with Gasteiger partial charge in [0.15, 0.2) is 11.5 Å². The van der Waals surface area contributed by atoms with Crippen molar-refractivity contribution in [3.05, 3.63) is 29.7 Å². The molecule has 1 aromatic heterocycles. The monoisotopic (exact) mass is 346 g/mol. The Kier molecular flexibility index (Phi) is 6.26. The summed E-state index contributed by atoms with van der Waals surface area (Å²) in [6.07, 6.45) is 7.51. The van der Waals surface area contributed by atoms with Crippen LogP contribution in [0.4, 0.5) is 0 Å². The number of unbranched alkanes of at least 4 members (excludes halogenated alkanes) is 1. The van der Waals surface area contributed by atoms with Crippen molar-refractivity contribution in [1.82, 2.24) is 19.9 Å². The van der Waals surface area contributed by atoms with Crippen LogP contribution >= 0.6 is 0 Å². The molecule has 6 heteroatoms. The van der Waals surface area contributed by atoms with E-state index in [0.717, 1.165) is 64.3 Å². The first-order valence-corrected chi connectivity index (χ1v) is 9.59. The maximum atomic E-state index is 12.8. The molecule has 1 aromatic rings. The molecule has 3 rings (SSSR count). The minimum absolute atomic E-state index is 0.0168.